The highest BCUT2D eigenvalue weighted by molar-refractivity contribution is 7.79. The predicted octanol–water partition coefficient (Wildman–Crippen LogP) is -3.08. The van der Waals surface area contributed by atoms with Crippen LogP contribution in [0.5, 0.6) is 0 Å². The van der Waals surface area contributed by atoms with E-state index in [1.165, 1.54) is 0 Å². The highest BCUT2D eigenvalue weighted by atomic mass is 32.3. The summed E-state index contributed by atoms with van der Waals surface area (Å²) in [5, 5.41) is 23.4. The topological polar surface area (TPSA) is 161 Å². The van der Waals surface area contributed by atoms with Gasteiger partial charge in [0.1, 0.15) is 0 Å². The van der Waals surface area contributed by atoms with Gasteiger partial charge in [0, 0.05) is 0 Å². The molecule has 0 aliphatic carbocycles. The Hall–Kier alpha value is -0.290. The molecule has 0 aromatic rings. The molecule has 0 aliphatic heterocycles. The first kappa shape index (κ1) is 13.3. The molecule has 0 bridgehead atoms. The molecule has 0 heterocycles. The number of rotatable bonds is 1. The summed E-state index contributed by atoms with van der Waals surface area (Å²) >= 11 is 0. The zero-order valence-electron chi connectivity index (χ0n) is 5.25. The van der Waals surface area contributed by atoms with Crippen molar-refractivity contribution < 1.29 is 32.8 Å². The van der Waals surface area contributed by atoms with Gasteiger partial charge in [-0.3, -0.25) is 9.11 Å². The SMILES string of the molecule is NCC(O)(O)O.O=S(=O)(O)O. The van der Waals surface area contributed by atoms with Crippen LogP contribution in [0.4, 0.5) is 0 Å². The summed E-state index contributed by atoms with van der Waals surface area (Å²) in [5.41, 5.74) is 4.56. The highest BCUT2D eigenvalue weighted by Gasteiger charge is 2.12. The van der Waals surface area contributed by atoms with Crippen LogP contribution in [0.3, 0.4) is 0 Å². The van der Waals surface area contributed by atoms with E-state index in [9.17, 15) is 0 Å². The molecule has 0 aromatic heterocycles. The average Bonchev–Trinajstić information content (AvgIpc) is 1.59. The zero-order valence-corrected chi connectivity index (χ0v) is 6.06. The van der Waals surface area contributed by atoms with Gasteiger partial charge in [0.25, 0.3) is 5.97 Å². The van der Waals surface area contributed by atoms with Crippen molar-refractivity contribution >= 4 is 10.4 Å². The van der Waals surface area contributed by atoms with Gasteiger partial charge in [0.05, 0.1) is 6.54 Å². The Morgan fingerprint density at radius 2 is 1.27 bits per heavy atom. The number of aliphatic hydroxyl groups is 3. The van der Waals surface area contributed by atoms with E-state index in [2.05, 4.69) is 5.73 Å². The standard InChI is InChI=1S/C2H7NO3.H2O4S/c3-1-2(4,5)6;1-5(2,3)4/h4-6H,1,3H2;(H2,1,2,3,4). The number of hydrogen-bond donors (Lipinski definition) is 6. The fourth-order valence-corrected chi connectivity index (χ4v) is 0. The largest absolute Gasteiger partial charge is 0.394 e. The van der Waals surface area contributed by atoms with Crippen LogP contribution in [-0.4, -0.2) is 45.4 Å². The van der Waals surface area contributed by atoms with Crippen molar-refractivity contribution in [3.63, 3.8) is 0 Å². The summed E-state index contributed by atoms with van der Waals surface area (Å²) in [6, 6.07) is 0. The number of nitrogens with two attached hydrogens (primary N) is 1. The van der Waals surface area contributed by atoms with E-state index in [1.54, 1.807) is 0 Å². The monoisotopic (exact) mass is 191 g/mol. The second-order valence-corrected chi connectivity index (χ2v) is 2.32. The first-order valence-electron chi connectivity index (χ1n) is 2.13. The third-order valence-corrected chi connectivity index (χ3v) is 0.274. The molecule has 7 N–H and O–H groups in total. The second-order valence-electron chi connectivity index (χ2n) is 1.43. The molecule has 0 atom stereocenters. The molecule has 70 valence electrons. The minimum absolute atomic E-state index is 0.562. The maximum atomic E-state index is 8.74. The zero-order chi connectivity index (χ0) is 9.71. The van der Waals surface area contributed by atoms with Gasteiger partial charge >= 0.3 is 10.4 Å². The van der Waals surface area contributed by atoms with E-state index in [-0.39, 0.29) is 0 Å². The molecule has 0 saturated carbocycles. The lowest BCUT2D eigenvalue weighted by Crippen LogP contribution is -2.36. The molecule has 0 amide bonds. The lowest BCUT2D eigenvalue weighted by Gasteiger charge is -2.07. The van der Waals surface area contributed by atoms with Crippen LogP contribution in [0.2, 0.25) is 0 Å². The molecule has 0 rings (SSSR count). The molecule has 0 aromatic carbocycles. The molecule has 0 radical (unpaired) electrons. The Labute approximate surface area is 62.5 Å². The van der Waals surface area contributed by atoms with Gasteiger partial charge in [0.2, 0.25) is 0 Å². The van der Waals surface area contributed by atoms with Crippen LogP contribution in [0.1, 0.15) is 0 Å². The maximum Gasteiger partial charge on any atom is 0.394 e. The van der Waals surface area contributed by atoms with Crippen molar-refractivity contribution in [3.8, 4) is 0 Å². The van der Waals surface area contributed by atoms with Crippen LogP contribution in [-0.2, 0) is 10.4 Å². The Morgan fingerprint density at radius 3 is 1.27 bits per heavy atom. The van der Waals surface area contributed by atoms with Gasteiger partial charge in [-0.15, -0.1) is 0 Å². The van der Waals surface area contributed by atoms with Crippen molar-refractivity contribution in [2.75, 3.05) is 6.54 Å². The lowest BCUT2D eigenvalue weighted by molar-refractivity contribution is -0.302. The van der Waals surface area contributed by atoms with Crippen molar-refractivity contribution in [3.05, 3.63) is 0 Å². The summed E-state index contributed by atoms with van der Waals surface area (Å²) < 4.78 is 31.6. The number of hydrogen-bond acceptors (Lipinski definition) is 6. The van der Waals surface area contributed by atoms with Crippen LogP contribution < -0.4 is 5.73 Å². The Kier molecular flexibility index (Phi) is 5.52. The fraction of sp³-hybridized carbons (Fsp3) is 1.00. The van der Waals surface area contributed by atoms with E-state index in [0.717, 1.165) is 0 Å². The molecule has 9 heteroatoms. The first-order valence-corrected chi connectivity index (χ1v) is 3.53. The van der Waals surface area contributed by atoms with Crippen LogP contribution in [0.15, 0.2) is 0 Å². The van der Waals surface area contributed by atoms with Crippen LogP contribution in [0, 0.1) is 0 Å². The molecule has 0 fully saturated rings. The van der Waals surface area contributed by atoms with Gasteiger partial charge in [-0.1, -0.05) is 0 Å². The third-order valence-electron chi connectivity index (χ3n) is 0.274. The fourth-order valence-electron chi connectivity index (χ4n) is 0. The quantitative estimate of drug-likeness (QED) is 0.188. The Morgan fingerprint density at radius 1 is 1.18 bits per heavy atom. The molecule has 11 heavy (non-hydrogen) atoms. The van der Waals surface area contributed by atoms with Crippen molar-refractivity contribution in [2.24, 2.45) is 5.73 Å². The smallest absolute Gasteiger partial charge is 0.343 e. The van der Waals surface area contributed by atoms with Crippen LogP contribution in [0.25, 0.3) is 0 Å². The molecule has 8 nitrogen and oxygen atoms in total. The molecular weight excluding hydrogens is 182 g/mol. The minimum atomic E-state index is -4.67. The van der Waals surface area contributed by atoms with Crippen LogP contribution >= 0.6 is 0 Å². The Balaban J connectivity index is 0. The molecule has 0 unspecified atom stereocenters. The van der Waals surface area contributed by atoms with Crippen molar-refractivity contribution in [1.82, 2.24) is 0 Å². The normalized spacial score (nSPS) is 11.8. The lowest BCUT2D eigenvalue weighted by atomic mass is 10.6. The van der Waals surface area contributed by atoms with Gasteiger partial charge in [-0.25, -0.2) is 0 Å². The first-order chi connectivity index (χ1) is 4.56. The highest BCUT2D eigenvalue weighted by Crippen LogP contribution is 1.82. The summed E-state index contributed by atoms with van der Waals surface area (Å²) in [5.74, 6) is -2.68. The third kappa shape index (κ3) is 78.6. The maximum absolute atomic E-state index is 8.74. The summed E-state index contributed by atoms with van der Waals surface area (Å²) in [7, 11) is -4.67. The Bertz CT molecular complexity index is 169. The van der Waals surface area contributed by atoms with E-state index in [1.807, 2.05) is 0 Å². The van der Waals surface area contributed by atoms with Gasteiger partial charge in [-0.2, -0.15) is 8.42 Å². The van der Waals surface area contributed by atoms with Gasteiger partial charge in [-0.05, 0) is 0 Å². The molecule has 0 saturated heterocycles. The van der Waals surface area contributed by atoms with Gasteiger partial charge in [0.15, 0.2) is 0 Å². The van der Waals surface area contributed by atoms with Crippen molar-refractivity contribution in [2.45, 2.75) is 5.97 Å². The van der Waals surface area contributed by atoms with E-state index < -0.39 is 22.9 Å². The summed E-state index contributed by atoms with van der Waals surface area (Å²) in [6.07, 6.45) is 0. The molecule has 0 aliphatic rings. The van der Waals surface area contributed by atoms with E-state index in [4.69, 9.17) is 32.8 Å². The minimum Gasteiger partial charge on any atom is -0.343 e. The summed E-state index contributed by atoms with van der Waals surface area (Å²) in [4.78, 5) is 0. The molecule has 0 spiro atoms. The average molecular weight is 191 g/mol. The predicted molar refractivity (Wildman–Crippen MR) is 32.6 cm³/mol. The van der Waals surface area contributed by atoms with E-state index >= 15 is 0 Å². The van der Waals surface area contributed by atoms with Crippen molar-refractivity contribution in [1.29, 1.82) is 0 Å². The second kappa shape index (κ2) is 4.56. The molecular formula is C2H9NO7S. The summed E-state index contributed by atoms with van der Waals surface area (Å²) in [6.45, 7) is -0.562. The van der Waals surface area contributed by atoms with E-state index in [0.29, 0.717) is 0 Å². The van der Waals surface area contributed by atoms with Gasteiger partial charge < -0.3 is 21.1 Å².